The third-order valence-corrected chi connectivity index (χ3v) is 11.2. The van der Waals surface area contributed by atoms with Gasteiger partial charge in [0.1, 0.15) is 23.3 Å². The summed E-state index contributed by atoms with van der Waals surface area (Å²) in [4.78, 5) is 20.9. The normalized spacial score (nSPS) is 23.0. The van der Waals surface area contributed by atoms with Gasteiger partial charge in [-0.15, -0.1) is 0 Å². The highest BCUT2D eigenvalue weighted by Crippen LogP contribution is 2.45. The number of nitriles is 1. The summed E-state index contributed by atoms with van der Waals surface area (Å²) in [7, 11) is -3.07. The SMILES string of the molecule is N#C[C@@H](NC(=O)[C@@H]1CCCC[C@H]1c1oc(-c2ccc(F)cc2)nc1-c1ccccc1N1CCS(=O)(=O)CC1)C1CCCCC1. The van der Waals surface area contributed by atoms with Crippen molar-refractivity contribution < 1.29 is 22.0 Å². The van der Waals surface area contributed by atoms with Crippen molar-refractivity contribution in [2.24, 2.45) is 11.8 Å². The first-order valence-electron chi connectivity index (χ1n) is 15.8. The Labute approximate surface area is 258 Å². The van der Waals surface area contributed by atoms with Crippen LogP contribution in [0.5, 0.6) is 0 Å². The fraction of sp³-hybridized carbons (Fsp3) is 0.500. The highest BCUT2D eigenvalue weighted by Gasteiger charge is 2.39. The number of sulfone groups is 1. The van der Waals surface area contributed by atoms with Crippen LogP contribution in [0.25, 0.3) is 22.7 Å². The molecule has 2 aliphatic carbocycles. The quantitative estimate of drug-likeness (QED) is 0.333. The molecule has 8 nitrogen and oxygen atoms in total. The Bertz CT molecular complexity index is 1610. The average molecular weight is 619 g/mol. The zero-order valence-corrected chi connectivity index (χ0v) is 25.7. The van der Waals surface area contributed by atoms with E-state index in [-0.39, 0.29) is 41.0 Å². The first-order valence-corrected chi connectivity index (χ1v) is 17.7. The van der Waals surface area contributed by atoms with Crippen molar-refractivity contribution in [2.75, 3.05) is 29.5 Å². The lowest BCUT2D eigenvalue weighted by molar-refractivity contribution is -0.127. The van der Waals surface area contributed by atoms with Crippen molar-refractivity contribution in [3.63, 3.8) is 0 Å². The molecule has 0 unspecified atom stereocenters. The number of carbonyl (C=O) groups excluding carboxylic acids is 1. The Hall–Kier alpha value is -3.71. The van der Waals surface area contributed by atoms with E-state index in [4.69, 9.17) is 9.40 Å². The van der Waals surface area contributed by atoms with Gasteiger partial charge < -0.3 is 14.6 Å². The molecule has 0 spiro atoms. The van der Waals surface area contributed by atoms with E-state index in [0.717, 1.165) is 56.2 Å². The average Bonchev–Trinajstić information content (AvgIpc) is 3.49. The lowest BCUT2D eigenvalue weighted by Crippen LogP contribution is -2.45. The molecule has 0 radical (unpaired) electrons. The topological polar surface area (TPSA) is 116 Å². The maximum atomic E-state index is 13.9. The first-order chi connectivity index (χ1) is 21.3. The Balaban J connectivity index is 1.38. The third-order valence-electron chi connectivity index (χ3n) is 9.59. The van der Waals surface area contributed by atoms with Gasteiger partial charge in [-0.25, -0.2) is 17.8 Å². The van der Waals surface area contributed by atoms with E-state index in [1.807, 2.05) is 24.3 Å². The highest BCUT2D eigenvalue weighted by atomic mass is 32.2. The summed E-state index contributed by atoms with van der Waals surface area (Å²) in [5, 5.41) is 13.1. The van der Waals surface area contributed by atoms with Gasteiger partial charge in [0.25, 0.3) is 0 Å². The van der Waals surface area contributed by atoms with Gasteiger partial charge in [0, 0.05) is 41.7 Å². The smallest absolute Gasteiger partial charge is 0.226 e. The van der Waals surface area contributed by atoms with Gasteiger partial charge in [0.05, 0.1) is 17.6 Å². The fourth-order valence-corrected chi connectivity index (χ4v) is 8.34. The number of hydrogen-bond acceptors (Lipinski definition) is 7. The Morgan fingerprint density at radius 1 is 0.977 bits per heavy atom. The molecular formula is C34H39FN4O4S. The van der Waals surface area contributed by atoms with Crippen LogP contribution in [-0.2, 0) is 14.6 Å². The summed E-state index contributed by atoms with van der Waals surface area (Å²) in [5.74, 6) is 0.155. The number of benzene rings is 2. The molecule has 3 aromatic rings. The van der Waals surface area contributed by atoms with Gasteiger partial charge in [0.2, 0.25) is 11.8 Å². The number of carbonyl (C=O) groups is 1. The third kappa shape index (κ3) is 6.53. The number of oxazole rings is 1. The van der Waals surface area contributed by atoms with Crippen molar-refractivity contribution in [1.82, 2.24) is 10.3 Å². The number of rotatable bonds is 7. The molecule has 10 heteroatoms. The molecule has 1 amide bonds. The van der Waals surface area contributed by atoms with Crippen LogP contribution in [0.3, 0.4) is 0 Å². The molecule has 2 saturated carbocycles. The first kappa shape index (κ1) is 30.3. The molecule has 0 bridgehead atoms. The van der Waals surface area contributed by atoms with Gasteiger partial charge in [-0.3, -0.25) is 4.79 Å². The Kier molecular flexibility index (Phi) is 9.03. The van der Waals surface area contributed by atoms with E-state index in [0.29, 0.717) is 42.4 Å². The Morgan fingerprint density at radius 2 is 1.66 bits per heavy atom. The second kappa shape index (κ2) is 13.1. The molecule has 3 aliphatic rings. The minimum Gasteiger partial charge on any atom is -0.440 e. The molecule has 1 N–H and O–H groups in total. The number of aromatic nitrogens is 1. The van der Waals surface area contributed by atoms with Crippen LogP contribution < -0.4 is 10.2 Å². The van der Waals surface area contributed by atoms with Crippen LogP contribution in [0.15, 0.2) is 52.9 Å². The molecular weight excluding hydrogens is 579 g/mol. The second-order valence-corrected chi connectivity index (χ2v) is 14.7. The van der Waals surface area contributed by atoms with Gasteiger partial charge in [0.15, 0.2) is 9.84 Å². The number of nitrogens with one attached hydrogen (secondary N) is 1. The van der Waals surface area contributed by atoms with E-state index in [1.165, 1.54) is 18.6 Å². The molecule has 3 atom stereocenters. The van der Waals surface area contributed by atoms with Crippen molar-refractivity contribution in [3.05, 3.63) is 60.1 Å². The summed E-state index contributed by atoms with van der Waals surface area (Å²) < 4.78 is 44.7. The van der Waals surface area contributed by atoms with Gasteiger partial charge in [-0.2, -0.15) is 5.26 Å². The van der Waals surface area contributed by atoms with Crippen molar-refractivity contribution in [2.45, 2.75) is 69.7 Å². The van der Waals surface area contributed by atoms with Crippen LogP contribution in [-0.4, -0.2) is 49.9 Å². The van der Waals surface area contributed by atoms with Crippen LogP contribution in [0.1, 0.15) is 69.5 Å². The number of para-hydroxylation sites is 1. The van der Waals surface area contributed by atoms with E-state index in [1.54, 1.807) is 12.1 Å². The molecule has 3 fully saturated rings. The monoisotopic (exact) mass is 618 g/mol. The zero-order valence-electron chi connectivity index (χ0n) is 24.9. The van der Waals surface area contributed by atoms with Crippen LogP contribution >= 0.6 is 0 Å². The number of amides is 1. The van der Waals surface area contributed by atoms with Gasteiger partial charge in [-0.1, -0.05) is 50.3 Å². The molecule has 44 heavy (non-hydrogen) atoms. The fourth-order valence-electron chi connectivity index (χ4n) is 7.14. The van der Waals surface area contributed by atoms with Crippen molar-refractivity contribution in [1.29, 1.82) is 5.26 Å². The molecule has 6 rings (SSSR count). The van der Waals surface area contributed by atoms with E-state index in [2.05, 4.69) is 16.3 Å². The van der Waals surface area contributed by atoms with Crippen molar-refractivity contribution in [3.8, 4) is 28.8 Å². The predicted octanol–water partition coefficient (Wildman–Crippen LogP) is 6.24. The number of halogens is 1. The molecule has 1 aromatic heterocycles. The largest absolute Gasteiger partial charge is 0.440 e. The number of hydrogen-bond donors (Lipinski definition) is 1. The summed E-state index contributed by atoms with van der Waals surface area (Å²) in [6.07, 6.45) is 8.49. The highest BCUT2D eigenvalue weighted by molar-refractivity contribution is 7.91. The maximum Gasteiger partial charge on any atom is 0.226 e. The van der Waals surface area contributed by atoms with Crippen LogP contribution in [0, 0.1) is 29.0 Å². The van der Waals surface area contributed by atoms with E-state index in [9.17, 15) is 22.9 Å². The maximum absolute atomic E-state index is 13.9. The van der Waals surface area contributed by atoms with Crippen LogP contribution in [0.2, 0.25) is 0 Å². The lowest BCUT2D eigenvalue weighted by atomic mass is 9.76. The minimum atomic E-state index is -3.07. The molecule has 2 aromatic carbocycles. The standard InChI is InChI=1S/C34H39FN4O4S/c35-25-16-14-24(15-17-25)34-38-31(28-12-6-7-13-30(28)39-18-20-44(41,42)21-19-39)32(43-34)26-10-4-5-11-27(26)33(40)37-29(22-36)23-8-2-1-3-9-23/h6-7,12-17,23,26-27,29H,1-5,8-11,18-21H2,(H,37,40)/t26-,27-,29-/m1/s1. The van der Waals surface area contributed by atoms with Crippen molar-refractivity contribution >= 4 is 21.4 Å². The molecule has 1 aliphatic heterocycles. The molecule has 2 heterocycles. The molecule has 232 valence electrons. The number of anilines is 1. The molecule has 1 saturated heterocycles. The van der Waals surface area contributed by atoms with Gasteiger partial charge >= 0.3 is 0 Å². The van der Waals surface area contributed by atoms with E-state index >= 15 is 0 Å². The summed E-state index contributed by atoms with van der Waals surface area (Å²) >= 11 is 0. The zero-order chi connectivity index (χ0) is 30.7. The van der Waals surface area contributed by atoms with E-state index < -0.39 is 15.9 Å². The van der Waals surface area contributed by atoms with Crippen LogP contribution in [0.4, 0.5) is 10.1 Å². The summed E-state index contributed by atoms with van der Waals surface area (Å²) in [5.41, 5.74) is 2.91. The number of nitrogens with zero attached hydrogens (tertiary/aromatic N) is 3. The summed E-state index contributed by atoms with van der Waals surface area (Å²) in [6.45, 7) is 0.755. The second-order valence-electron chi connectivity index (χ2n) is 12.4. The Morgan fingerprint density at radius 3 is 2.39 bits per heavy atom. The summed E-state index contributed by atoms with van der Waals surface area (Å²) in [6, 6.07) is 15.6. The van der Waals surface area contributed by atoms with Gasteiger partial charge in [-0.05, 0) is 61.9 Å². The minimum absolute atomic E-state index is 0.0831. The predicted molar refractivity (Wildman–Crippen MR) is 167 cm³/mol. The lowest BCUT2D eigenvalue weighted by Gasteiger charge is -2.33.